The standard InChI is InChI=1S/C19H19N3O3/c1-11-17(12(2)21-20-11)15-7-5-9-22(15)18(23)14-10-13-6-3-4-8-16(13)25-19(14)24/h3-4,6,8,10,15H,5,7,9H2,1-2H3,(H,20,21)/t15-/m1/s1. The molecule has 2 aromatic heterocycles. The number of carbonyl (C=O) groups is 1. The topological polar surface area (TPSA) is 79.2 Å². The number of aryl methyl sites for hydroxylation is 2. The maximum atomic E-state index is 13.1. The van der Waals surface area contributed by atoms with Gasteiger partial charge < -0.3 is 9.32 Å². The molecule has 3 heterocycles. The summed E-state index contributed by atoms with van der Waals surface area (Å²) < 4.78 is 5.33. The molecular formula is C19H19N3O3. The third kappa shape index (κ3) is 2.54. The number of benzene rings is 1. The quantitative estimate of drug-likeness (QED) is 0.729. The molecule has 3 aromatic rings. The van der Waals surface area contributed by atoms with E-state index in [1.54, 1.807) is 23.1 Å². The molecule has 25 heavy (non-hydrogen) atoms. The number of aromatic nitrogens is 2. The number of rotatable bonds is 2. The van der Waals surface area contributed by atoms with Gasteiger partial charge in [-0.15, -0.1) is 0 Å². The largest absolute Gasteiger partial charge is 0.422 e. The van der Waals surface area contributed by atoms with Crippen LogP contribution in [0, 0.1) is 13.8 Å². The monoisotopic (exact) mass is 337 g/mol. The Balaban J connectivity index is 1.75. The highest BCUT2D eigenvalue weighted by molar-refractivity contribution is 5.97. The van der Waals surface area contributed by atoms with Crippen LogP contribution in [0.4, 0.5) is 0 Å². The van der Waals surface area contributed by atoms with Crippen molar-refractivity contribution in [3.8, 4) is 0 Å². The van der Waals surface area contributed by atoms with Gasteiger partial charge in [0.2, 0.25) is 0 Å². The first-order valence-corrected chi connectivity index (χ1v) is 8.41. The molecule has 1 N–H and O–H groups in total. The van der Waals surface area contributed by atoms with E-state index < -0.39 is 5.63 Å². The van der Waals surface area contributed by atoms with E-state index in [0.717, 1.165) is 35.2 Å². The van der Waals surface area contributed by atoms with Crippen molar-refractivity contribution in [2.75, 3.05) is 6.54 Å². The zero-order chi connectivity index (χ0) is 17.6. The van der Waals surface area contributed by atoms with Crippen molar-refractivity contribution in [1.29, 1.82) is 0 Å². The van der Waals surface area contributed by atoms with Gasteiger partial charge in [-0.2, -0.15) is 5.10 Å². The molecule has 0 unspecified atom stereocenters. The maximum absolute atomic E-state index is 13.1. The molecule has 1 saturated heterocycles. The molecule has 0 saturated carbocycles. The molecule has 0 radical (unpaired) electrons. The first kappa shape index (κ1) is 15.6. The van der Waals surface area contributed by atoms with Gasteiger partial charge >= 0.3 is 5.63 Å². The lowest BCUT2D eigenvalue weighted by Crippen LogP contribution is -2.34. The minimum Gasteiger partial charge on any atom is -0.422 e. The van der Waals surface area contributed by atoms with E-state index in [2.05, 4.69) is 10.2 Å². The van der Waals surface area contributed by atoms with Gasteiger partial charge in [0, 0.05) is 23.2 Å². The fraction of sp³-hybridized carbons (Fsp3) is 0.316. The average molecular weight is 337 g/mol. The van der Waals surface area contributed by atoms with Gasteiger partial charge in [0.15, 0.2) is 0 Å². The van der Waals surface area contributed by atoms with E-state index in [1.165, 1.54) is 0 Å². The molecule has 6 heteroatoms. The Morgan fingerprint density at radius 1 is 1.32 bits per heavy atom. The summed E-state index contributed by atoms with van der Waals surface area (Å²) in [7, 11) is 0. The fourth-order valence-corrected chi connectivity index (χ4v) is 3.73. The predicted molar refractivity (Wildman–Crippen MR) is 93.6 cm³/mol. The second-order valence-corrected chi connectivity index (χ2v) is 6.49. The normalized spacial score (nSPS) is 17.4. The summed E-state index contributed by atoms with van der Waals surface area (Å²) in [6, 6.07) is 8.79. The lowest BCUT2D eigenvalue weighted by atomic mass is 10.0. The number of para-hydroxylation sites is 1. The number of hydrogen-bond acceptors (Lipinski definition) is 4. The minimum atomic E-state index is -0.588. The zero-order valence-electron chi connectivity index (χ0n) is 14.2. The summed E-state index contributed by atoms with van der Waals surface area (Å²) in [5, 5.41) is 7.97. The maximum Gasteiger partial charge on any atom is 0.349 e. The molecule has 1 aliphatic heterocycles. The minimum absolute atomic E-state index is 0.0582. The number of fused-ring (bicyclic) bond motifs is 1. The second-order valence-electron chi connectivity index (χ2n) is 6.49. The van der Waals surface area contributed by atoms with E-state index in [0.29, 0.717) is 12.1 Å². The lowest BCUT2D eigenvalue weighted by Gasteiger charge is -2.25. The van der Waals surface area contributed by atoms with Crippen LogP contribution in [0.15, 0.2) is 39.5 Å². The SMILES string of the molecule is Cc1n[nH]c(C)c1[C@H]1CCCN1C(=O)c1cc2ccccc2oc1=O. The van der Waals surface area contributed by atoms with Crippen LogP contribution in [0.1, 0.15) is 46.2 Å². The average Bonchev–Trinajstić information content (AvgIpc) is 3.20. The summed E-state index contributed by atoms with van der Waals surface area (Å²) in [5.41, 5.74) is 2.90. The first-order valence-electron chi connectivity index (χ1n) is 8.41. The van der Waals surface area contributed by atoms with Gasteiger partial charge in [-0.05, 0) is 38.8 Å². The molecular weight excluding hydrogens is 318 g/mol. The molecule has 1 amide bonds. The first-order chi connectivity index (χ1) is 12.1. The molecule has 1 aromatic carbocycles. The Hall–Kier alpha value is -2.89. The molecule has 0 aliphatic carbocycles. The van der Waals surface area contributed by atoms with E-state index in [4.69, 9.17) is 4.42 Å². The van der Waals surface area contributed by atoms with Gasteiger partial charge in [0.25, 0.3) is 5.91 Å². The van der Waals surface area contributed by atoms with Crippen molar-refractivity contribution in [3.63, 3.8) is 0 Å². The molecule has 1 fully saturated rings. The Bertz CT molecular complexity index is 999. The molecule has 6 nitrogen and oxygen atoms in total. The van der Waals surface area contributed by atoms with Crippen LogP contribution in [0.2, 0.25) is 0 Å². The molecule has 1 atom stereocenters. The molecule has 0 bridgehead atoms. The van der Waals surface area contributed by atoms with Crippen molar-refractivity contribution in [3.05, 3.63) is 63.3 Å². The molecule has 4 rings (SSSR count). The molecule has 128 valence electrons. The van der Waals surface area contributed by atoms with Crippen molar-refractivity contribution in [2.45, 2.75) is 32.7 Å². The number of amides is 1. The number of aromatic amines is 1. The van der Waals surface area contributed by atoms with Crippen LogP contribution in [0.25, 0.3) is 11.0 Å². The van der Waals surface area contributed by atoms with Crippen LogP contribution in [0.3, 0.4) is 0 Å². The smallest absolute Gasteiger partial charge is 0.349 e. The van der Waals surface area contributed by atoms with Crippen molar-refractivity contribution >= 4 is 16.9 Å². The van der Waals surface area contributed by atoms with Crippen LogP contribution in [-0.2, 0) is 0 Å². The fourth-order valence-electron chi connectivity index (χ4n) is 3.73. The Kier molecular flexibility index (Phi) is 3.67. The summed E-state index contributed by atoms with van der Waals surface area (Å²) in [6.07, 6.45) is 1.77. The Morgan fingerprint density at radius 3 is 2.88 bits per heavy atom. The predicted octanol–water partition coefficient (Wildman–Crippen LogP) is 3.11. The summed E-state index contributed by atoms with van der Waals surface area (Å²) >= 11 is 0. The third-order valence-electron chi connectivity index (χ3n) is 4.90. The molecule has 1 aliphatic rings. The van der Waals surface area contributed by atoms with Gasteiger partial charge in [-0.3, -0.25) is 9.89 Å². The van der Waals surface area contributed by atoms with E-state index in [9.17, 15) is 9.59 Å². The summed E-state index contributed by atoms with van der Waals surface area (Å²) in [4.78, 5) is 27.2. The van der Waals surface area contributed by atoms with Crippen LogP contribution < -0.4 is 5.63 Å². The Labute approximate surface area is 144 Å². The summed E-state index contributed by atoms with van der Waals surface area (Å²) in [5.74, 6) is -0.276. The van der Waals surface area contributed by atoms with Crippen LogP contribution in [-0.4, -0.2) is 27.5 Å². The van der Waals surface area contributed by atoms with Crippen LogP contribution in [0.5, 0.6) is 0 Å². The second kappa shape index (κ2) is 5.88. The van der Waals surface area contributed by atoms with Crippen LogP contribution >= 0.6 is 0 Å². The third-order valence-corrected chi connectivity index (χ3v) is 4.90. The highest BCUT2D eigenvalue weighted by Gasteiger charge is 2.34. The van der Waals surface area contributed by atoms with Crippen molar-refractivity contribution in [1.82, 2.24) is 15.1 Å². The number of nitrogens with zero attached hydrogens (tertiary/aromatic N) is 2. The number of nitrogens with one attached hydrogen (secondary N) is 1. The van der Waals surface area contributed by atoms with E-state index >= 15 is 0 Å². The summed E-state index contributed by atoms with van der Waals surface area (Å²) in [6.45, 7) is 4.52. The van der Waals surface area contributed by atoms with E-state index in [1.807, 2.05) is 26.0 Å². The highest BCUT2D eigenvalue weighted by Crippen LogP contribution is 2.35. The van der Waals surface area contributed by atoms with Gasteiger partial charge in [0.05, 0.1) is 11.7 Å². The van der Waals surface area contributed by atoms with Gasteiger partial charge in [0.1, 0.15) is 11.1 Å². The van der Waals surface area contributed by atoms with Crippen molar-refractivity contribution < 1.29 is 9.21 Å². The number of hydrogen-bond donors (Lipinski definition) is 1. The Morgan fingerprint density at radius 2 is 2.12 bits per heavy atom. The number of H-pyrrole nitrogens is 1. The van der Waals surface area contributed by atoms with Gasteiger partial charge in [-0.25, -0.2) is 4.79 Å². The van der Waals surface area contributed by atoms with E-state index in [-0.39, 0.29) is 17.5 Å². The van der Waals surface area contributed by atoms with Gasteiger partial charge in [-0.1, -0.05) is 18.2 Å². The number of carbonyl (C=O) groups excluding carboxylic acids is 1. The zero-order valence-corrected chi connectivity index (χ0v) is 14.2. The van der Waals surface area contributed by atoms with Crippen molar-refractivity contribution in [2.24, 2.45) is 0 Å². The highest BCUT2D eigenvalue weighted by atomic mass is 16.4. The molecule has 0 spiro atoms. The number of likely N-dealkylation sites (tertiary alicyclic amines) is 1. The lowest BCUT2D eigenvalue weighted by molar-refractivity contribution is 0.0731.